The second-order valence-electron chi connectivity index (χ2n) is 4.22. The molecule has 0 aliphatic carbocycles. The van der Waals surface area contributed by atoms with Gasteiger partial charge >= 0.3 is 0 Å². The molecule has 2 aromatic heterocycles. The van der Waals surface area contributed by atoms with Gasteiger partial charge in [-0.1, -0.05) is 17.7 Å². The molecule has 0 radical (unpaired) electrons. The number of nitrogens with two attached hydrogens (primary N) is 1. The first-order valence-corrected chi connectivity index (χ1v) is 6.21. The van der Waals surface area contributed by atoms with Gasteiger partial charge in [0.15, 0.2) is 0 Å². The van der Waals surface area contributed by atoms with E-state index >= 15 is 0 Å². The number of fused-ring (bicyclic) bond motifs is 1. The summed E-state index contributed by atoms with van der Waals surface area (Å²) in [6.45, 7) is 0. The Morgan fingerprint density at radius 2 is 2.16 bits per heavy atom. The largest absolute Gasteiger partial charge is 0.459 e. The fourth-order valence-corrected chi connectivity index (χ4v) is 2.25. The summed E-state index contributed by atoms with van der Waals surface area (Å²) in [6, 6.07) is 11.0. The Morgan fingerprint density at radius 3 is 2.89 bits per heavy atom. The number of halogens is 1. The summed E-state index contributed by atoms with van der Waals surface area (Å²) in [5, 5.41) is 1.63. The van der Waals surface area contributed by atoms with Gasteiger partial charge in [-0.05, 0) is 35.9 Å². The van der Waals surface area contributed by atoms with Crippen LogP contribution in [-0.2, 0) is 0 Å². The van der Waals surface area contributed by atoms with Gasteiger partial charge in [-0.15, -0.1) is 0 Å². The third kappa shape index (κ3) is 2.33. The van der Waals surface area contributed by atoms with Gasteiger partial charge in [0.2, 0.25) is 0 Å². The lowest BCUT2D eigenvalue weighted by Crippen LogP contribution is -2.28. The first-order chi connectivity index (χ1) is 9.28. The molecule has 1 aromatic carbocycles. The summed E-state index contributed by atoms with van der Waals surface area (Å²) in [4.78, 5) is 4.09. The fraction of sp³-hybridized carbons (Fsp3) is 0.0714. The normalized spacial score (nSPS) is 12.7. The highest BCUT2D eigenvalue weighted by atomic mass is 35.5. The summed E-state index contributed by atoms with van der Waals surface area (Å²) in [6.07, 6.45) is 3.47. The molecule has 1 atom stereocenters. The van der Waals surface area contributed by atoms with Gasteiger partial charge in [-0.3, -0.25) is 10.8 Å². The lowest BCUT2D eigenvalue weighted by Gasteiger charge is -2.12. The van der Waals surface area contributed by atoms with Crippen LogP contribution in [0.4, 0.5) is 0 Å². The van der Waals surface area contributed by atoms with Gasteiger partial charge in [-0.2, -0.15) is 0 Å². The molecule has 1 unspecified atom stereocenters. The van der Waals surface area contributed by atoms with Gasteiger partial charge in [-0.25, -0.2) is 5.43 Å². The number of hydrogen-bond acceptors (Lipinski definition) is 4. The van der Waals surface area contributed by atoms with Crippen LogP contribution < -0.4 is 11.3 Å². The number of furan rings is 1. The molecule has 96 valence electrons. The molecule has 0 saturated heterocycles. The third-order valence-corrected chi connectivity index (χ3v) is 3.20. The highest BCUT2D eigenvalue weighted by Crippen LogP contribution is 2.29. The van der Waals surface area contributed by atoms with E-state index in [0.29, 0.717) is 5.02 Å². The van der Waals surface area contributed by atoms with E-state index in [1.807, 2.05) is 30.3 Å². The second kappa shape index (κ2) is 5.01. The minimum Gasteiger partial charge on any atom is -0.459 e. The molecule has 0 saturated carbocycles. The highest BCUT2D eigenvalue weighted by molar-refractivity contribution is 6.31. The fourth-order valence-electron chi connectivity index (χ4n) is 2.07. The number of aromatic nitrogens is 1. The molecule has 2 heterocycles. The standard InChI is InChI=1S/C14H12ClN3O/c15-11-3-4-12-10(6-11)7-13(19-12)14(18-16)9-2-1-5-17-8-9/h1-8,14,18H,16H2. The maximum absolute atomic E-state index is 5.97. The molecule has 19 heavy (non-hydrogen) atoms. The van der Waals surface area contributed by atoms with E-state index in [9.17, 15) is 0 Å². The lowest BCUT2D eigenvalue weighted by molar-refractivity contribution is 0.476. The van der Waals surface area contributed by atoms with Crippen LogP contribution in [-0.4, -0.2) is 4.98 Å². The number of nitrogens with one attached hydrogen (secondary N) is 1. The van der Waals surface area contributed by atoms with Crippen molar-refractivity contribution in [2.75, 3.05) is 0 Å². The van der Waals surface area contributed by atoms with Crippen LogP contribution in [0.5, 0.6) is 0 Å². The highest BCUT2D eigenvalue weighted by Gasteiger charge is 2.17. The van der Waals surface area contributed by atoms with Gasteiger partial charge in [0.1, 0.15) is 17.4 Å². The monoisotopic (exact) mass is 273 g/mol. The first-order valence-electron chi connectivity index (χ1n) is 5.83. The zero-order valence-corrected chi connectivity index (χ0v) is 10.8. The molecule has 0 fully saturated rings. The molecule has 5 heteroatoms. The molecule has 0 amide bonds. The molecular weight excluding hydrogens is 262 g/mol. The average molecular weight is 274 g/mol. The molecular formula is C14H12ClN3O. The molecule has 4 nitrogen and oxygen atoms in total. The molecule has 0 bridgehead atoms. The maximum atomic E-state index is 5.97. The third-order valence-electron chi connectivity index (χ3n) is 2.97. The van der Waals surface area contributed by atoms with E-state index < -0.39 is 0 Å². The zero-order valence-electron chi connectivity index (χ0n) is 10.0. The minimum atomic E-state index is -0.236. The van der Waals surface area contributed by atoms with Gasteiger partial charge < -0.3 is 4.42 Å². The Morgan fingerprint density at radius 1 is 1.26 bits per heavy atom. The Hall–Kier alpha value is -1.88. The molecule has 0 aliphatic heterocycles. The predicted molar refractivity (Wildman–Crippen MR) is 74.6 cm³/mol. The van der Waals surface area contributed by atoms with Crippen molar-refractivity contribution < 1.29 is 4.42 Å². The van der Waals surface area contributed by atoms with Crippen molar-refractivity contribution in [2.45, 2.75) is 6.04 Å². The van der Waals surface area contributed by atoms with Gasteiger partial charge in [0.05, 0.1) is 0 Å². The van der Waals surface area contributed by atoms with E-state index in [2.05, 4.69) is 10.4 Å². The first kappa shape index (κ1) is 12.2. The van der Waals surface area contributed by atoms with Crippen molar-refractivity contribution in [3.63, 3.8) is 0 Å². The van der Waals surface area contributed by atoms with Crippen molar-refractivity contribution in [2.24, 2.45) is 5.84 Å². The number of hydrogen-bond donors (Lipinski definition) is 2. The minimum absolute atomic E-state index is 0.236. The predicted octanol–water partition coefficient (Wildman–Crippen LogP) is 3.03. The van der Waals surface area contributed by atoms with Crippen LogP contribution in [0.3, 0.4) is 0 Å². The number of rotatable bonds is 3. The molecule has 0 aliphatic rings. The van der Waals surface area contributed by atoms with E-state index in [1.54, 1.807) is 18.5 Å². The zero-order chi connectivity index (χ0) is 13.2. The van der Waals surface area contributed by atoms with Crippen LogP contribution in [0.2, 0.25) is 5.02 Å². The summed E-state index contributed by atoms with van der Waals surface area (Å²) < 4.78 is 5.80. The molecule has 3 aromatic rings. The van der Waals surface area contributed by atoms with Crippen molar-refractivity contribution in [1.29, 1.82) is 0 Å². The summed E-state index contributed by atoms with van der Waals surface area (Å²) in [5.74, 6) is 6.35. The molecule has 3 rings (SSSR count). The average Bonchev–Trinajstić information content (AvgIpc) is 2.83. The lowest BCUT2D eigenvalue weighted by atomic mass is 10.1. The molecule has 3 N–H and O–H groups in total. The Bertz CT molecular complexity index is 696. The van der Waals surface area contributed by atoms with Crippen LogP contribution in [0.15, 0.2) is 53.2 Å². The van der Waals surface area contributed by atoms with E-state index in [4.69, 9.17) is 21.9 Å². The summed E-state index contributed by atoms with van der Waals surface area (Å²) >= 11 is 5.97. The van der Waals surface area contributed by atoms with Crippen molar-refractivity contribution in [1.82, 2.24) is 10.4 Å². The topological polar surface area (TPSA) is 64.1 Å². The molecule has 0 spiro atoms. The number of hydrazine groups is 1. The number of nitrogens with zero attached hydrogens (tertiary/aromatic N) is 1. The Balaban J connectivity index is 2.07. The van der Waals surface area contributed by atoms with Crippen LogP contribution in [0, 0.1) is 0 Å². The summed E-state index contributed by atoms with van der Waals surface area (Å²) in [5.41, 5.74) is 4.46. The van der Waals surface area contributed by atoms with E-state index in [0.717, 1.165) is 22.3 Å². The van der Waals surface area contributed by atoms with Crippen LogP contribution >= 0.6 is 11.6 Å². The number of pyridine rings is 1. The SMILES string of the molecule is NNC(c1cccnc1)c1cc2cc(Cl)ccc2o1. The van der Waals surface area contributed by atoms with Crippen molar-refractivity contribution >= 4 is 22.6 Å². The van der Waals surface area contributed by atoms with Crippen molar-refractivity contribution in [3.8, 4) is 0 Å². The van der Waals surface area contributed by atoms with Gasteiger partial charge in [0, 0.05) is 22.8 Å². The maximum Gasteiger partial charge on any atom is 0.134 e. The van der Waals surface area contributed by atoms with Gasteiger partial charge in [0.25, 0.3) is 0 Å². The number of benzene rings is 1. The van der Waals surface area contributed by atoms with Crippen LogP contribution in [0.25, 0.3) is 11.0 Å². The quantitative estimate of drug-likeness (QED) is 0.569. The second-order valence-corrected chi connectivity index (χ2v) is 4.65. The Kier molecular flexibility index (Phi) is 3.21. The smallest absolute Gasteiger partial charge is 0.134 e. The Labute approximate surface area is 115 Å². The van der Waals surface area contributed by atoms with E-state index in [-0.39, 0.29) is 6.04 Å². The van der Waals surface area contributed by atoms with Crippen molar-refractivity contribution in [3.05, 3.63) is 65.1 Å². The van der Waals surface area contributed by atoms with E-state index in [1.165, 1.54) is 0 Å². The summed E-state index contributed by atoms with van der Waals surface area (Å²) in [7, 11) is 0. The van der Waals surface area contributed by atoms with Crippen LogP contribution in [0.1, 0.15) is 17.4 Å².